The Kier molecular flexibility index (Phi) is 9.52. The van der Waals surface area contributed by atoms with Crippen molar-refractivity contribution in [2.24, 2.45) is 11.8 Å². The van der Waals surface area contributed by atoms with Crippen LogP contribution in [0, 0.1) is 11.8 Å². The Hall–Kier alpha value is -1.72. The van der Waals surface area contributed by atoms with Gasteiger partial charge in [-0.2, -0.15) is 0 Å². The summed E-state index contributed by atoms with van der Waals surface area (Å²) in [6.07, 6.45) is 3.86. The molecule has 0 aromatic heterocycles. The third-order valence-corrected chi connectivity index (χ3v) is 7.22. The predicted molar refractivity (Wildman–Crippen MR) is 138 cm³/mol. The van der Waals surface area contributed by atoms with Crippen molar-refractivity contribution in [2.75, 3.05) is 0 Å². The highest BCUT2D eigenvalue weighted by molar-refractivity contribution is 5.81. The molecule has 1 aromatic rings. The summed E-state index contributed by atoms with van der Waals surface area (Å²) in [6.45, 7) is 17.9. The first-order chi connectivity index (χ1) is 15.7. The largest absolute Gasteiger partial charge is 0.454 e. The second-order valence-electron chi connectivity index (χ2n) is 12.0. The van der Waals surface area contributed by atoms with E-state index < -0.39 is 17.2 Å². The van der Waals surface area contributed by atoms with Crippen LogP contribution in [0.1, 0.15) is 100.0 Å². The van der Waals surface area contributed by atoms with E-state index in [-0.39, 0.29) is 23.5 Å². The highest BCUT2D eigenvalue weighted by atomic mass is 16.6. The molecule has 1 N–H and O–H groups in total. The zero-order valence-corrected chi connectivity index (χ0v) is 22.9. The van der Waals surface area contributed by atoms with Crippen LogP contribution in [0.25, 0.3) is 0 Å². The summed E-state index contributed by atoms with van der Waals surface area (Å²) in [5, 5.41) is 3.63. The average Bonchev–Trinajstić information content (AvgIpc) is 2.70. The van der Waals surface area contributed by atoms with Crippen molar-refractivity contribution in [1.29, 1.82) is 0 Å². The quantitative estimate of drug-likeness (QED) is 0.367. The van der Waals surface area contributed by atoms with Crippen molar-refractivity contribution < 1.29 is 19.1 Å². The number of rotatable bonds is 12. The number of hydrogen-bond donors (Lipinski definition) is 1. The molecule has 192 valence electrons. The van der Waals surface area contributed by atoms with Crippen molar-refractivity contribution in [2.45, 2.75) is 123 Å². The van der Waals surface area contributed by atoms with E-state index in [2.05, 4.69) is 19.2 Å². The van der Waals surface area contributed by atoms with E-state index in [1.54, 1.807) is 0 Å². The lowest BCUT2D eigenvalue weighted by molar-refractivity contribution is -0.169. The fourth-order valence-electron chi connectivity index (χ4n) is 4.57. The first-order valence-corrected chi connectivity index (χ1v) is 12.9. The molecule has 0 spiro atoms. The molecule has 0 radical (unpaired) electrons. The van der Waals surface area contributed by atoms with Gasteiger partial charge in [0.1, 0.15) is 17.4 Å². The zero-order chi connectivity index (χ0) is 25.7. The van der Waals surface area contributed by atoms with E-state index in [4.69, 9.17) is 9.47 Å². The molecule has 1 aromatic carbocycles. The maximum Gasteiger partial charge on any atom is 0.326 e. The van der Waals surface area contributed by atoms with Crippen molar-refractivity contribution in [3.8, 4) is 0 Å². The molecule has 0 aliphatic heterocycles. The van der Waals surface area contributed by atoms with Crippen LogP contribution < -0.4 is 5.32 Å². The van der Waals surface area contributed by atoms with E-state index in [0.29, 0.717) is 18.1 Å². The van der Waals surface area contributed by atoms with Crippen LogP contribution in [0.2, 0.25) is 0 Å². The molecule has 0 heterocycles. The number of ether oxygens (including phenoxy) is 2. The topological polar surface area (TPSA) is 64.6 Å². The second-order valence-corrected chi connectivity index (χ2v) is 12.0. The second kappa shape index (κ2) is 11.3. The SMILES string of the molecule is CC(C)[C@H](C)C(=O)CCC1(N[C@H](C(=O)OC(C)(C)c2ccccc2)[C@@H](C)OC(C)(C)C)CCC1. The summed E-state index contributed by atoms with van der Waals surface area (Å²) in [5.74, 6) is 0.360. The number of carbonyl (C=O) groups excluding carboxylic acids is 2. The number of esters is 1. The minimum absolute atomic E-state index is 0.0488. The van der Waals surface area contributed by atoms with E-state index in [1.807, 2.05) is 78.8 Å². The van der Waals surface area contributed by atoms with Gasteiger partial charge in [0.15, 0.2) is 0 Å². The predicted octanol–water partition coefficient (Wildman–Crippen LogP) is 6.19. The van der Waals surface area contributed by atoms with Crippen molar-refractivity contribution >= 4 is 11.8 Å². The summed E-state index contributed by atoms with van der Waals surface area (Å²) in [7, 11) is 0. The molecule has 1 aliphatic carbocycles. The van der Waals surface area contributed by atoms with Crippen LogP contribution in [0.3, 0.4) is 0 Å². The molecule has 0 unspecified atom stereocenters. The first kappa shape index (κ1) is 28.5. The van der Waals surface area contributed by atoms with Crippen LogP contribution in [0.5, 0.6) is 0 Å². The van der Waals surface area contributed by atoms with Gasteiger partial charge < -0.3 is 9.47 Å². The van der Waals surface area contributed by atoms with E-state index in [9.17, 15) is 9.59 Å². The summed E-state index contributed by atoms with van der Waals surface area (Å²) >= 11 is 0. The van der Waals surface area contributed by atoms with Gasteiger partial charge in [0.2, 0.25) is 0 Å². The van der Waals surface area contributed by atoms with Gasteiger partial charge in [-0.15, -0.1) is 0 Å². The Labute approximate surface area is 207 Å². The van der Waals surface area contributed by atoms with Gasteiger partial charge in [-0.3, -0.25) is 14.9 Å². The molecule has 2 rings (SSSR count). The molecule has 5 nitrogen and oxygen atoms in total. The van der Waals surface area contributed by atoms with Gasteiger partial charge in [0.25, 0.3) is 0 Å². The normalized spacial score (nSPS) is 18.6. The van der Waals surface area contributed by atoms with Gasteiger partial charge in [0, 0.05) is 17.9 Å². The smallest absolute Gasteiger partial charge is 0.326 e. The summed E-state index contributed by atoms with van der Waals surface area (Å²) in [6, 6.07) is 9.17. The highest BCUT2D eigenvalue weighted by Gasteiger charge is 2.44. The third kappa shape index (κ3) is 7.91. The molecule has 1 fully saturated rings. The number of carbonyl (C=O) groups is 2. The molecule has 1 aliphatic rings. The standard InChI is InChI=1S/C29H47NO4/c1-20(2)21(3)24(31)16-19-29(17-13-18-29)30-25(22(4)33-27(5,6)7)26(32)34-28(8,9)23-14-11-10-12-15-23/h10-12,14-15,20-22,25,30H,13,16-19H2,1-9H3/t21-,22+,25-/m0/s1. The van der Waals surface area contributed by atoms with Crippen LogP contribution in [-0.4, -0.2) is 35.0 Å². The average molecular weight is 474 g/mol. The molecular weight excluding hydrogens is 426 g/mol. The lowest BCUT2D eigenvalue weighted by Gasteiger charge is -2.47. The fourth-order valence-corrected chi connectivity index (χ4v) is 4.57. The van der Waals surface area contributed by atoms with Crippen LogP contribution in [-0.2, 0) is 24.7 Å². The molecule has 5 heteroatoms. The highest BCUT2D eigenvalue weighted by Crippen LogP contribution is 2.38. The van der Waals surface area contributed by atoms with Gasteiger partial charge in [-0.05, 0) is 78.7 Å². The first-order valence-electron chi connectivity index (χ1n) is 12.9. The molecule has 0 amide bonds. The molecular formula is C29H47NO4. The van der Waals surface area contributed by atoms with E-state index in [1.165, 1.54) is 0 Å². The van der Waals surface area contributed by atoms with Crippen LogP contribution in [0.4, 0.5) is 0 Å². The lowest BCUT2D eigenvalue weighted by Crippen LogP contribution is -2.62. The molecule has 1 saturated carbocycles. The number of nitrogens with one attached hydrogen (secondary N) is 1. The minimum atomic E-state index is -0.769. The number of hydrogen-bond acceptors (Lipinski definition) is 5. The number of ketones is 1. The van der Waals surface area contributed by atoms with Crippen molar-refractivity contribution in [3.63, 3.8) is 0 Å². The summed E-state index contributed by atoms with van der Waals surface area (Å²) in [4.78, 5) is 26.3. The Morgan fingerprint density at radius 3 is 2.06 bits per heavy atom. The van der Waals surface area contributed by atoms with Gasteiger partial charge in [-0.25, -0.2) is 0 Å². The third-order valence-electron chi connectivity index (χ3n) is 7.22. The van der Waals surface area contributed by atoms with Crippen molar-refractivity contribution in [1.82, 2.24) is 5.32 Å². The molecule has 0 bridgehead atoms. The van der Waals surface area contributed by atoms with Gasteiger partial charge in [-0.1, -0.05) is 51.1 Å². The maximum absolute atomic E-state index is 13.6. The summed E-state index contributed by atoms with van der Waals surface area (Å²) < 4.78 is 12.3. The van der Waals surface area contributed by atoms with Crippen LogP contribution >= 0.6 is 0 Å². The Bertz CT molecular complexity index is 805. The van der Waals surface area contributed by atoms with Crippen LogP contribution in [0.15, 0.2) is 30.3 Å². The molecule has 34 heavy (non-hydrogen) atoms. The molecule has 3 atom stereocenters. The van der Waals surface area contributed by atoms with Gasteiger partial charge in [0.05, 0.1) is 11.7 Å². The van der Waals surface area contributed by atoms with E-state index >= 15 is 0 Å². The zero-order valence-electron chi connectivity index (χ0n) is 22.9. The monoisotopic (exact) mass is 473 g/mol. The minimum Gasteiger partial charge on any atom is -0.454 e. The van der Waals surface area contributed by atoms with Crippen molar-refractivity contribution in [3.05, 3.63) is 35.9 Å². The number of Topliss-reactive ketones (excluding diaryl/α,β-unsaturated/α-hetero) is 1. The summed E-state index contributed by atoms with van der Waals surface area (Å²) in [5.41, 5.74) is -0.458. The Balaban J connectivity index is 2.20. The maximum atomic E-state index is 13.6. The van der Waals surface area contributed by atoms with E-state index in [0.717, 1.165) is 31.2 Å². The van der Waals surface area contributed by atoms with Gasteiger partial charge >= 0.3 is 5.97 Å². The number of benzene rings is 1. The lowest BCUT2D eigenvalue weighted by atomic mass is 9.72. The molecule has 0 saturated heterocycles. The Morgan fingerprint density at radius 2 is 1.59 bits per heavy atom. The Morgan fingerprint density at radius 1 is 1.00 bits per heavy atom. The fraction of sp³-hybridized carbons (Fsp3) is 0.724.